The van der Waals surface area contributed by atoms with Crippen molar-refractivity contribution < 1.29 is 9.53 Å². The summed E-state index contributed by atoms with van der Waals surface area (Å²) < 4.78 is 5.20. The van der Waals surface area contributed by atoms with Crippen molar-refractivity contribution >= 4 is 17.2 Å². The molecule has 0 saturated carbocycles. The number of likely N-dealkylation sites (tertiary alicyclic amines) is 1. The average molecular weight is 330 g/mol. The molecule has 122 valence electrons. The normalized spacial score (nSPS) is 15.7. The van der Waals surface area contributed by atoms with Crippen LogP contribution in [0.3, 0.4) is 0 Å². The highest BCUT2D eigenvalue weighted by Gasteiger charge is 2.26. The molecule has 2 heterocycles. The number of carbonyl (C=O) groups is 1. The zero-order chi connectivity index (χ0) is 16.4. The third-order valence-electron chi connectivity index (χ3n) is 4.49. The summed E-state index contributed by atoms with van der Waals surface area (Å²) in [4.78, 5) is 20.6. The maximum absolute atomic E-state index is 12.6. The molecule has 1 fully saturated rings. The van der Waals surface area contributed by atoms with E-state index in [-0.39, 0.29) is 5.91 Å². The highest BCUT2D eigenvalue weighted by molar-refractivity contribution is 7.11. The first-order valence-corrected chi connectivity index (χ1v) is 8.77. The number of ether oxygens (including phenoxy) is 1. The first kappa shape index (κ1) is 16.0. The second kappa shape index (κ2) is 6.71. The average Bonchev–Trinajstić information content (AvgIpc) is 2.93. The van der Waals surface area contributed by atoms with E-state index < -0.39 is 0 Å². The zero-order valence-electron chi connectivity index (χ0n) is 13.8. The molecule has 3 rings (SSSR count). The molecule has 4 nitrogen and oxygen atoms in total. The molecule has 0 N–H and O–H groups in total. The van der Waals surface area contributed by atoms with Crippen LogP contribution in [0.15, 0.2) is 24.3 Å². The van der Waals surface area contributed by atoms with E-state index in [1.165, 1.54) is 9.88 Å². The molecule has 1 amide bonds. The fourth-order valence-corrected chi connectivity index (χ4v) is 4.03. The summed E-state index contributed by atoms with van der Waals surface area (Å²) in [6, 6.07) is 7.38. The van der Waals surface area contributed by atoms with E-state index in [0.29, 0.717) is 11.5 Å². The lowest BCUT2D eigenvalue weighted by atomic mass is 9.97. The lowest BCUT2D eigenvalue weighted by Gasteiger charge is -2.31. The quantitative estimate of drug-likeness (QED) is 0.860. The van der Waals surface area contributed by atoms with Crippen LogP contribution in [-0.4, -0.2) is 36.0 Å². The van der Waals surface area contributed by atoms with E-state index in [2.05, 4.69) is 18.8 Å². The van der Waals surface area contributed by atoms with Gasteiger partial charge in [0.15, 0.2) is 0 Å². The minimum Gasteiger partial charge on any atom is -0.497 e. The number of carbonyl (C=O) groups excluding carboxylic acids is 1. The molecule has 1 aliphatic heterocycles. The second-order valence-electron chi connectivity index (χ2n) is 5.99. The van der Waals surface area contributed by atoms with E-state index >= 15 is 0 Å². The molecule has 1 aliphatic rings. The number of amides is 1. The zero-order valence-corrected chi connectivity index (χ0v) is 14.7. The Morgan fingerprint density at radius 3 is 2.65 bits per heavy atom. The number of benzene rings is 1. The minimum absolute atomic E-state index is 0.0915. The van der Waals surface area contributed by atoms with Crippen LogP contribution >= 0.6 is 11.3 Å². The van der Waals surface area contributed by atoms with Gasteiger partial charge in [-0.3, -0.25) is 4.79 Å². The van der Waals surface area contributed by atoms with E-state index in [1.807, 2.05) is 29.2 Å². The standard InChI is InChI=1S/C18H22N2O2S/c1-12-13(2)23-17(19-12)14-7-9-20(10-8-14)18(21)15-5-4-6-16(11-15)22-3/h4-6,11,14H,7-10H2,1-3H3. The minimum atomic E-state index is 0.0915. The Labute approximate surface area is 141 Å². The van der Waals surface area contributed by atoms with Gasteiger partial charge in [-0.15, -0.1) is 11.3 Å². The third-order valence-corrected chi connectivity index (χ3v) is 5.73. The molecule has 0 bridgehead atoms. The van der Waals surface area contributed by atoms with Crippen molar-refractivity contribution in [2.45, 2.75) is 32.6 Å². The highest BCUT2D eigenvalue weighted by atomic mass is 32.1. The van der Waals surface area contributed by atoms with Crippen molar-refractivity contribution in [1.29, 1.82) is 0 Å². The Kier molecular flexibility index (Phi) is 4.66. The molecular formula is C18H22N2O2S. The predicted molar refractivity (Wildman–Crippen MR) is 92.5 cm³/mol. The maximum Gasteiger partial charge on any atom is 0.253 e. The van der Waals surface area contributed by atoms with Crippen molar-refractivity contribution in [3.05, 3.63) is 45.4 Å². The van der Waals surface area contributed by atoms with Gasteiger partial charge in [-0.2, -0.15) is 0 Å². The third kappa shape index (κ3) is 3.39. The molecule has 0 radical (unpaired) electrons. The van der Waals surface area contributed by atoms with Crippen LogP contribution in [0.4, 0.5) is 0 Å². The molecule has 0 unspecified atom stereocenters. The molecule has 1 saturated heterocycles. The van der Waals surface area contributed by atoms with Crippen molar-refractivity contribution in [2.75, 3.05) is 20.2 Å². The first-order valence-electron chi connectivity index (χ1n) is 7.95. The number of nitrogens with zero attached hydrogens (tertiary/aromatic N) is 2. The first-order chi connectivity index (χ1) is 11.1. The van der Waals surface area contributed by atoms with Gasteiger partial charge in [0.25, 0.3) is 5.91 Å². The number of hydrogen-bond donors (Lipinski definition) is 0. The number of rotatable bonds is 3. The molecule has 0 aliphatic carbocycles. The number of aromatic nitrogens is 1. The largest absolute Gasteiger partial charge is 0.497 e. The van der Waals surface area contributed by atoms with Crippen LogP contribution in [-0.2, 0) is 0 Å². The summed E-state index contributed by atoms with van der Waals surface area (Å²) in [5.74, 6) is 1.30. The Balaban J connectivity index is 1.65. The number of piperidine rings is 1. The fourth-order valence-electron chi connectivity index (χ4n) is 2.94. The van der Waals surface area contributed by atoms with Gasteiger partial charge in [0, 0.05) is 29.4 Å². The molecule has 2 aromatic rings. The monoisotopic (exact) mass is 330 g/mol. The molecule has 1 aromatic heterocycles. The summed E-state index contributed by atoms with van der Waals surface area (Å²) in [5, 5.41) is 1.23. The van der Waals surface area contributed by atoms with Crippen molar-refractivity contribution in [3.63, 3.8) is 0 Å². The van der Waals surface area contributed by atoms with Crippen LogP contribution in [0.1, 0.15) is 44.7 Å². The molecule has 1 aromatic carbocycles. The maximum atomic E-state index is 12.6. The van der Waals surface area contributed by atoms with Gasteiger partial charge in [-0.05, 0) is 44.9 Å². The Morgan fingerprint density at radius 1 is 1.30 bits per heavy atom. The lowest BCUT2D eigenvalue weighted by molar-refractivity contribution is 0.0712. The van der Waals surface area contributed by atoms with Gasteiger partial charge in [-0.25, -0.2) is 4.98 Å². The summed E-state index contributed by atoms with van der Waals surface area (Å²) in [5.41, 5.74) is 1.84. The van der Waals surface area contributed by atoms with Gasteiger partial charge in [0.1, 0.15) is 5.75 Å². The summed E-state index contributed by atoms with van der Waals surface area (Å²) in [7, 11) is 1.62. The molecule has 0 spiro atoms. The summed E-state index contributed by atoms with van der Waals surface area (Å²) in [6.45, 7) is 5.77. The van der Waals surface area contributed by atoms with Crippen LogP contribution in [0.5, 0.6) is 5.75 Å². The highest BCUT2D eigenvalue weighted by Crippen LogP contribution is 2.32. The van der Waals surface area contributed by atoms with Gasteiger partial charge in [-0.1, -0.05) is 6.07 Å². The van der Waals surface area contributed by atoms with Crippen molar-refractivity contribution in [3.8, 4) is 5.75 Å². The predicted octanol–water partition coefficient (Wildman–Crippen LogP) is 3.79. The van der Waals surface area contributed by atoms with Crippen LogP contribution in [0.2, 0.25) is 0 Å². The van der Waals surface area contributed by atoms with Gasteiger partial charge in [0.05, 0.1) is 17.8 Å². The number of aryl methyl sites for hydroxylation is 2. The van der Waals surface area contributed by atoms with E-state index in [1.54, 1.807) is 18.4 Å². The van der Waals surface area contributed by atoms with E-state index in [4.69, 9.17) is 4.74 Å². The molecule has 0 atom stereocenters. The van der Waals surface area contributed by atoms with Crippen molar-refractivity contribution in [1.82, 2.24) is 9.88 Å². The Morgan fingerprint density at radius 2 is 2.04 bits per heavy atom. The number of thiazole rings is 1. The summed E-state index contributed by atoms with van der Waals surface area (Å²) in [6.07, 6.45) is 1.98. The SMILES string of the molecule is COc1cccc(C(=O)N2CCC(c3nc(C)c(C)s3)CC2)c1. The number of methoxy groups -OCH3 is 1. The van der Waals surface area contributed by atoms with Gasteiger partial charge in [0.2, 0.25) is 0 Å². The second-order valence-corrected chi connectivity index (χ2v) is 7.23. The Hall–Kier alpha value is -1.88. The van der Waals surface area contributed by atoms with Crippen LogP contribution < -0.4 is 4.74 Å². The molecule has 5 heteroatoms. The van der Waals surface area contributed by atoms with E-state index in [9.17, 15) is 4.79 Å². The molecule has 23 heavy (non-hydrogen) atoms. The number of hydrogen-bond acceptors (Lipinski definition) is 4. The van der Waals surface area contributed by atoms with Crippen LogP contribution in [0.25, 0.3) is 0 Å². The fraction of sp³-hybridized carbons (Fsp3) is 0.444. The van der Waals surface area contributed by atoms with Gasteiger partial charge >= 0.3 is 0 Å². The Bertz CT molecular complexity index is 683. The van der Waals surface area contributed by atoms with E-state index in [0.717, 1.165) is 37.4 Å². The van der Waals surface area contributed by atoms with Gasteiger partial charge < -0.3 is 9.64 Å². The lowest BCUT2D eigenvalue weighted by Crippen LogP contribution is -2.37. The van der Waals surface area contributed by atoms with Crippen molar-refractivity contribution in [2.24, 2.45) is 0 Å². The topological polar surface area (TPSA) is 42.4 Å². The van der Waals surface area contributed by atoms with Crippen LogP contribution in [0, 0.1) is 13.8 Å². The summed E-state index contributed by atoms with van der Waals surface area (Å²) >= 11 is 1.80. The molecular weight excluding hydrogens is 308 g/mol. The smallest absolute Gasteiger partial charge is 0.253 e.